The molecule has 0 saturated heterocycles. The predicted octanol–water partition coefficient (Wildman–Crippen LogP) is 3.98. The van der Waals surface area contributed by atoms with E-state index in [0.717, 1.165) is 0 Å². The molecule has 1 heterocycles. The smallest absolute Gasteiger partial charge is 0.304 e. The van der Waals surface area contributed by atoms with E-state index in [4.69, 9.17) is 11.6 Å². The zero-order valence-corrected chi connectivity index (χ0v) is 12.8. The number of nitro benzene ring substituents is 1. The molecule has 0 bridgehead atoms. The molecule has 2 aromatic carbocycles. The minimum absolute atomic E-state index is 0.0325. The lowest BCUT2D eigenvalue weighted by Gasteiger charge is -2.19. The highest BCUT2D eigenvalue weighted by atomic mass is 35.5. The van der Waals surface area contributed by atoms with Gasteiger partial charge in [0.05, 0.1) is 4.92 Å². The van der Waals surface area contributed by atoms with Crippen molar-refractivity contribution in [1.82, 2.24) is 0 Å². The molecular formula is C15H10ClF3N2O3. The van der Waals surface area contributed by atoms with Crippen molar-refractivity contribution in [3.8, 4) is 0 Å². The van der Waals surface area contributed by atoms with Crippen LogP contribution in [-0.4, -0.2) is 29.4 Å². The molecule has 1 aliphatic rings. The molecule has 1 amide bonds. The van der Waals surface area contributed by atoms with Crippen molar-refractivity contribution < 1.29 is 22.9 Å². The van der Waals surface area contributed by atoms with E-state index in [2.05, 4.69) is 0 Å². The molecule has 1 aliphatic heterocycles. The SMILES string of the molecule is O=C(N1CC(CCl)c2c1ccc1cc([N+](=O)[O-])ccc21)C(F)(F)F. The molecule has 0 radical (unpaired) electrons. The van der Waals surface area contributed by atoms with Crippen LogP contribution in [0.4, 0.5) is 24.5 Å². The summed E-state index contributed by atoms with van der Waals surface area (Å²) in [6.07, 6.45) is -4.98. The molecule has 126 valence electrons. The van der Waals surface area contributed by atoms with E-state index in [1.54, 1.807) is 0 Å². The van der Waals surface area contributed by atoms with Crippen molar-refractivity contribution in [2.75, 3.05) is 17.3 Å². The maximum Gasteiger partial charge on any atom is 0.471 e. The topological polar surface area (TPSA) is 63.5 Å². The zero-order valence-electron chi connectivity index (χ0n) is 12.0. The second-order valence-electron chi connectivity index (χ2n) is 5.43. The first kappa shape index (κ1) is 16.5. The molecule has 0 N–H and O–H groups in total. The Hall–Kier alpha value is -2.35. The van der Waals surface area contributed by atoms with Crippen molar-refractivity contribution in [2.45, 2.75) is 12.1 Å². The van der Waals surface area contributed by atoms with E-state index in [0.29, 0.717) is 21.2 Å². The highest BCUT2D eigenvalue weighted by Gasteiger charge is 2.46. The van der Waals surface area contributed by atoms with Gasteiger partial charge in [-0.15, -0.1) is 11.6 Å². The second-order valence-corrected chi connectivity index (χ2v) is 5.73. The predicted molar refractivity (Wildman–Crippen MR) is 82.5 cm³/mol. The zero-order chi connectivity index (χ0) is 17.6. The molecule has 2 aromatic rings. The molecule has 1 unspecified atom stereocenters. The summed E-state index contributed by atoms with van der Waals surface area (Å²) in [5.41, 5.74) is 0.533. The van der Waals surface area contributed by atoms with Gasteiger partial charge in [0.2, 0.25) is 0 Å². The highest BCUT2D eigenvalue weighted by Crippen LogP contribution is 2.43. The summed E-state index contributed by atoms with van der Waals surface area (Å²) in [7, 11) is 0. The summed E-state index contributed by atoms with van der Waals surface area (Å²) < 4.78 is 38.3. The van der Waals surface area contributed by atoms with Gasteiger partial charge < -0.3 is 4.90 Å². The van der Waals surface area contributed by atoms with E-state index in [1.807, 2.05) is 0 Å². The van der Waals surface area contributed by atoms with Crippen molar-refractivity contribution in [3.05, 3.63) is 46.0 Å². The Morgan fingerprint density at radius 1 is 1.33 bits per heavy atom. The highest BCUT2D eigenvalue weighted by molar-refractivity contribution is 6.19. The average Bonchev–Trinajstić information content (AvgIpc) is 2.91. The Bertz CT molecular complexity index is 854. The van der Waals surface area contributed by atoms with Crippen LogP contribution in [0.2, 0.25) is 0 Å². The fourth-order valence-electron chi connectivity index (χ4n) is 2.99. The number of nitro groups is 1. The van der Waals surface area contributed by atoms with Crippen LogP contribution in [0.15, 0.2) is 30.3 Å². The number of amides is 1. The number of hydrogen-bond donors (Lipinski definition) is 0. The third-order valence-corrected chi connectivity index (χ3v) is 4.38. The molecule has 0 spiro atoms. The van der Waals surface area contributed by atoms with Crippen LogP contribution in [-0.2, 0) is 4.79 Å². The summed E-state index contributed by atoms with van der Waals surface area (Å²) in [6.45, 7) is -0.173. The first-order valence-electron chi connectivity index (χ1n) is 6.89. The molecule has 9 heteroatoms. The van der Waals surface area contributed by atoms with Crippen LogP contribution in [0.3, 0.4) is 0 Å². The minimum atomic E-state index is -4.98. The number of fused-ring (bicyclic) bond motifs is 3. The standard InChI is InChI=1S/C15H10ClF3N2O3/c16-6-9-7-20(14(22)15(17,18)19)12-4-1-8-5-10(21(23)24)2-3-11(8)13(9)12/h1-5,9H,6-7H2. The summed E-state index contributed by atoms with van der Waals surface area (Å²) in [5, 5.41) is 11.9. The number of rotatable bonds is 2. The van der Waals surface area contributed by atoms with Gasteiger partial charge in [0, 0.05) is 36.2 Å². The van der Waals surface area contributed by atoms with Crippen LogP contribution < -0.4 is 4.90 Å². The van der Waals surface area contributed by atoms with E-state index in [9.17, 15) is 28.1 Å². The molecule has 0 saturated carbocycles. The maximum atomic E-state index is 12.8. The van der Waals surface area contributed by atoms with E-state index < -0.39 is 22.9 Å². The average molecular weight is 359 g/mol. The van der Waals surface area contributed by atoms with Crippen LogP contribution in [0.5, 0.6) is 0 Å². The van der Waals surface area contributed by atoms with Crippen molar-refractivity contribution in [1.29, 1.82) is 0 Å². The van der Waals surface area contributed by atoms with Gasteiger partial charge in [0.1, 0.15) is 0 Å². The first-order chi connectivity index (χ1) is 11.2. The Labute approximate surface area is 138 Å². The molecule has 0 aliphatic carbocycles. The number of halogens is 4. The first-order valence-corrected chi connectivity index (χ1v) is 7.43. The minimum Gasteiger partial charge on any atom is -0.304 e. The van der Waals surface area contributed by atoms with Gasteiger partial charge in [-0.05, 0) is 28.5 Å². The number of alkyl halides is 4. The molecular weight excluding hydrogens is 349 g/mol. The number of anilines is 1. The van der Waals surface area contributed by atoms with Crippen LogP contribution in [0.1, 0.15) is 11.5 Å². The Morgan fingerprint density at radius 2 is 2.04 bits per heavy atom. The van der Waals surface area contributed by atoms with Gasteiger partial charge in [-0.3, -0.25) is 14.9 Å². The van der Waals surface area contributed by atoms with Gasteiger partial charge >= 0.3 is 12.1 Å². The van der Waals surface area contributed by atoms with Gasteiger partial charge in [0.25, 0.3) is 5.69 Å². The van der Waals surface area contributed by atoms with Gasteiger partial charge in [-0.1, -0.05) is 6.07 Å². The number of non-ortho nitro benzene ring substituents is 1. The number of nitrogens with zero attached hydrogens (tertiary/aromatic N) is 2. The van der Waals surface area contributed by atoms with Gasteiger partial charge in [-0.2, -0.15) is 13.2 Å². The van der Waals surface area contributed by atoms with Crippen LogP contribution in [0.25, 0.3) is 10.8 Å². The summed E-state index contributed by atoms with van der Waals surface area (Å²) in [5.74, 6) is -2.39. The Kier molecular flexibility index (Phi) is 3.87. The third kappa shape index (κ3) is 2.56. The normalized spacial score (nSPS) is 17.2. The van der Waals surface area contributed by atoms with Gasteiger partial charge in [0.15, 0.2) is 0 Å². The fourth-order valence-corrected chi connectivity index (χ4v) is 3.24. The molecule has 5 nitrogen and oxygen atoms in total. The van der Waals surface area contributed by atoms with E-state index >= 15 is 0 Å². The lowest BCUT2D eigenvalue weighted by molar-refractivity contribution is -0.384. The van der Waals surface area contributed by atoms with Crippen molar-refractivity contribution >= 4 is 39.7 Å². The number of carbonyl (C=O) groups excluding carboxylic acids is 1. The maximum absolute atomic E-state index is 12.8. The number of carbonyl (C=O) groups is 1. The number of hydrogen-bond acceptors (Lipinski definition) is 3. The third-order valence-electron chi connectivity index (χ3n) is 4.01. The molecule has 1 atom stereocenters. The Balaban J connectivity index is 2.18. The van der Waals surface area contributed by atoms with E-state index in [-0.39, 0.29) is 23.8 Å². The second kappa shape index (κ2) is 5.62. The lowest BCUT2D eigenvalue weighted by Crippen LogP contribution is -2.40. The summed E-state index contributed by atoms with van der Waals surface area (Å²) in [6, 6.07) is 6.94. The van der Waals surface area contributed by atoms with Crippen molar-refractivity contribution in [3.63, 3.8) is 0 Å². The van der Waals surface area contributed by atoms with Crippen molar-refractivity contribution in [2.24, 2.45) is 0 Å². The van der Waals surface area contributed by atoms with Crippen LogP contribution >= 0.6 is 11.6 Å². The lowest BCUT2D eigenvalue weighted by atomic mass is 9.96. The quantitative estimate of drug-likeness (QED) is 0.463. The fraction of sp³-hybridized carbons (Fsp3) is 0.267. The van der Waals surface area contributed by atoms with E-state index in [1.165, 1.54) is 30.3 Å². The van der Waals surface area contributed by atoms with Crippen LogP contribution in [0, 0.1) is 10.1 Å². The number of benzene rings is 2. The monoisotopic (exact) mass is 358 g/mol. The Morgan fingerprint density at radius 3 is 2.62 bits per heavy atom. The molecule has 3 rings (SSSR count). The summed E-state index contributed by atoms with van der Waals surface area (Å²) in [4.78, 5) is 22.6. The summed E-state index contributed by atoms with van der Waals surface area (Å²) >= 11 is 5.87. The van der Waals surface area contributed by atoms with Gasteiger partial charge in [-0.25, -0.2) is 0 Å². The molecule has 24 heavy (non-hydrogen) atoms. The molecule has 0 fully saturated rings. The molecule has 0 aromatic heterocycles. The largest absolute Gasteiger partial charge is 0.471 e.